The van der Waals surface area contributed by atoms with Gasteiger partial charge in [-0.15, -0.1) is 0 Å². The highest BCUT2D eigenvalue weighted by Crippen LogP contribution is 2.54. The van der Waals surface area contributed by atoms with Gasteiger partial charge in [0.1, 0.15) is 0 Å². The van der Waals surface area contributed by atoms with Crippen LogP contribution in [-0.4, -0.2) is 38.3 Å². The first-order valence-corrected chi connectivity index (χ1v) is 10.1. The number of benzene rings is 1. The SMILES string of the molecule is CCCS(=O)(=O)Nc1ccc(C(=O)O)c(N2CCC3(CC2)CC3)c1. The number of aromatic carboxylic acids is 1. The van der Waals surface area contributed by atoms with Gasteiger partial charge in [0, 0.05) is 13.1 Å². The molecule has 1 aliphatic carbocycles. The molecule has 1 aromatic rings. The number of hydrogen-bond donors (Lipinski definition) is 2. The van der Waals surface area contributed by atoms with E-state index in [1.807, 2.05) is 0 Å². The van der Waals surface area contributed by atoms with Gasteiger partial charge in [-0.3, -0.25) is 4.72 Å². The Kier molecular flexibility index (Phi) is 4.46. The minimum atomic E-state index is -3.39. The maximum absolute atomic E-state index is 12.0. The van der Waals surface area contributed by atoms with E-state index in [1.165, 1.54) is 25.0 Å². The van der Waals surface area contributed by atoms with E-state index in [2.05, 4.69) is 9.62 Å². The number of carbonyl (C=O) groups is 1. The van der Waals surface area contributed by atoms with Gasteiger partial charge in [0.15, 0.2) is 0 Å². The molecule has 3 rings (SSSR count). The molecule has 1 heterocycles. The molecule has 0 unspecified atom stereocenters. The lowest BCUT2D eigenvalue weighted by atomic mass is 9.93. The van der Waals surface area contributed by atoms with Gasteiger partial charge in [0.25, 0.3) is 0 Å². The van der Waals surface area contributed by atoms with E-state index in [0.29, 0.717) is 23.2 Å². The molecule has 24 heavy (non-hydrogen) atoms. The van der Waals surface area contributed by atoms with Crippen molar-refractivity contribution in [1.29, 1.82) is 0 Å². The zero-order chi connectivity index (χ0) is 17.4. The maximum atomic E-state index is 12.0. The third-order valence-corrected chi connectivity index (χ3v) is 6.59. The van der Waals surface area contributed by atoms with Crippen molar-refractivity contribution in [2.75, 3.05) is 28.5 Å². The number of sulfonamides is 1. The molecule has 7 heteroatoms. The Labute approximate surface area is 142 Å². The van der Waals surface area contributed by atoms with E-state index in [1.54, 1.807) is 13.0 Å². The molecular formula is C17H24N2O4S. The molecule has 1 saturated heterocycles. The van der Waals surface area contributed by atoms with Crippen LogP contribution in [0.15, 0.2) is 18.2 Å². The second-order valence-corrected chi connectivity index (χ2v) is 8.79. The van der Waals surface area contributed by atoms with E-state index in [4.69, 9.17) is 0 Å². The summed E-state index contributed by atoms with van der Waals surface area (Å²) < 4.78 is 26.5. The van der Waals surface area contributed by atoms with Crippen LogP contribution >= 0.6 is 0 Å². The van der Waals surface area contributed by atoms with Crippen molar-refractivity contribution in [3.05, 3.63) is 23.8 Å². The maximum Gasteiger partial charge on any atom is 0.337 e. The highest BCUT2D eigenvalue weighted by Gasteiger charge is 2.44. The molecule has 6 nitrogen and oxygen atoms in total. The predicted molar refractivity (Wildman–Crippen MR) is 94.2 cm³/mol. The Hall–Kier alpha value is -1.76. The van der Waals surface area contributed by atoms with Crippen molar-refractivity contribution in [2.45, 2.75) is 39.0 Å². The van der Waals surface area contributed by atoms with Crippen molar-refractivity contribution >= 4 is 27.4 Å². The van der Waals surface area contributed by atoms with Crippen LogP contribution in [0.4, 0.5) is 11.4 Å². The largest absolute Gasteiger partial charge is 0.478 e. The van der Waals surface area contributed by atoms with Crippen molar-refractivity contribution < 1.29 is 18.3 Å². The van der Waals surface area contributed by atoms with Gasteiger partial charge >= 0.3 is 5.97 Å². The highest BCUT2D eigenvalue weighted by atomic mass is 32.2. The number of rotatable bonds is 6. The Morgan fingerprint density at radius 3 is 2.46 bits per heavy atom. The summed E-state index contributed by atoms with van der Waals surface area (Å²) >= 11 is 0. The Morgan fingerprint density at radius 1 is 1.25 bits per heavy atom. The van der Waals surface area contributed by atoms with Crippen molar-refractivity contribution in [1.82, 2.24) is 0 Å². The number of piperidine rings is 1. The summed E-state index contributed by atoms with van der Waals surface area (Å²) in [6.45, 7) is 3.45. The first kappa shape index (κ1) is 17.1. The summed E-state index contributed by atoms with van der Waals surface area (Å²) in [4.78, 5) is 13.6. The van der Waals surface area contributed by atoms with Gasteiger partial charge in [-0.05, 0) is 55.7 Å². The third kappa shape index (κ3) is 3.66. The monoisotopic (exact) mass is 352 g/mol. The lowest BCUT2D eigenvalue weighted by molar-refractivity contribution is 0.0697. The van der Waals surface area contributed by atoms with Crippen LogP contribution in [0.1, 0.15) is 49.4 Å². The number of carboxylic acid groups (broad SMARTS) is 1. The molecule has 1 aliphatic heterocycles. The summed E-state index contributed by atoms with van der Waals surface area (Å²) in [5.74, 6) is -0.936. The molecule has 2 fully saturated rings. The smallest absolute Gasteiger partial charge is 0.337 e. The van der Waals surface area contributed by atoms with Crippen LogP contribution in [0.2, 0.25) is 0 Å². The number of nitrogens with zero attached hydrogens (tertiary/aromatic N) is 1. The Balaban J connectivity index is 1.85. The average molecular weight is 352 g/mol. The minimum Gasteiger partial charge on any atom is -0.478 e. The summed E-state index contributed by atoms with van der Waals surface area (Å²) in [6.07, 6.45) is 5.26. The van der Waals surface area contributed by atoms with E-state index >= 15 is 0 Å². The predicted octanol–water partition coefficient (Wildman–Crippen LogP) is 2.92. The highest BCUT2D eigenvalue weighted by molar-refractivity contribution is 7.92. The fourth-order valence-corrected chi connectivity index (χ4v) is 4.56. The molecule has 0 aromatic heterocycles. The molecule has 0 radical (unpaired) electrons. The van der Waals surface area contributed by atoms with Gasteiger partial charge in [-0.25, -0.2) is 13.2 Å². The molecular weight excluding hydrogens is 328 g/mol. The van der Waals surface area contributed by atoms with E-state index in [9.17, 15) is 18.3 Å². The van der Waals surface area contributed by atoms with Crippen LogP contribution in [-0.2, 0) is 10.0 Å². The number of anilines is 2. The van der Waals surface area contributed by atoms with E-state index < -0.39 is 16.0 Å². The summed E-state index contributed by atoms with van der Waals surface area (Å²) in [5, 5.41) is 9.45. The number of carboxylic acids is 1. The zero-order valence-electron chi connectivity index (χ0n) is 13.9. The quantitative estimate of drug-likeness (QED) is 0.822. The fourth-order valence-electron chi connectivity index (χ4n) is 3.44. The number of hydrogen-bond acceptors (Lipinski definition) is 4. The topological polar surface area (TPSA) is 86.7 Å². The minimum absolute atomic E-state index is 0.0508. The molecule has 0 bridgehead atoms. The van der Waals surface area contributed by atoms with Crippen LogP contribution in [0.3, 0.4) is 0 Å². The molecule has 1 saturated carbocycles. The zero-order valence-corrected chi connectivity index (χ0v) is 14.7. The molecule has 1 spiro atoms. The van der Waals surface area contributed by atoms with Gasteiger partial charge < -0.3 is 10.0 Å². The fraction of sp³-hybridized carbons (Fsp3) is 0.588. The van der Waals surface area contributed by atoms with Crippen molar-refractivity contribution in [3.63, 3.8) is 0 Å². The van der Waals surface area contributed by atoms with Crippen LogP contribution in [0, 0.1) is 5.41 Å². The molecule has 0 atom stereocenters. The normalized spacial score (nSPS) is 19.3. The Bertz CT molecular complexity index is 731. The Morgan fingerprint density at radius 2 is 1.92 bits per heavy atom. The standard InChI is InChI=1S/C17H24N2O4S/c1-2-11-24(22,23)18-13-3-4-14(16(20)21)15(12-13)19-9-7-17(5-6-17)8-10-19/h3-4,12,18H,2,5-11H2,1H3,(H,20,21). The van der Waals surface area contributed by atoms with Crippen molar-refractivity contribution in [2.24, 2.45) is 5.41 Å². The second-order valence-electron chi connectivity index (χ2n) is 6.95. The first-order valence-electron chi connectivity index (χ1n) is 8.47. The molecule has 1 aromatic carbocycles. The van der Waals surface area contributed by atoms with E-state index in [-0.39, 0.29) is 11.3 Å². The van der Waals surface area contributed by atoms with Crippen LogP contribution in [0.5, 0.6) is 0 Å². The summed E-state index contributed by atoms with van der Waals surface area (Å²) in [6, 6.07) is 4.66. The molecule has 2 aliphatic rings. The molecule has 132 valence electrons. The molecule has 2 N–H and O–H groups in total. The lowest BCUT2D eigenvalue weighted by Gasteiger charge is -2.34. The van der Waals surface area contributed by atoms with Gasteiger partial charge in [-0.2, -0.15) is 0 Å². The van der Waals surface area contributed by atoms with E-state index in [0.717, 1.165) is 25.9 Å². The van der Waals surface area contributed by atoms with Gasteiger partial charge in [-0.1, -0.05) is 6.92 Å². The number of nitrogens with one attached hydrogen (secondary N) is 1. The average Bonchev–Trinajstić information content (AvgIpc) is 3.26. The summed E-state index contributed by atoms with van der Waals surface area (Å²) in [5.41, 5.74) is 1.75. The third-order valence-electron chi connectivity index (χ3n) is 5.10. The van der Waals surface area contributed by atoms with Crippen molar-refractivity contribution in [3.8, 4) is 0 Å². The van der Waals surface area contributed by atoms with Crippen LogP contribution < -0.4 is 9.62 Å². The van der Waals surface area contributed by atoms with Gasteiger partial charge in [0.05, 0.1) is 22.7 Å². The van der Waals surface area contributed by atoms with Crippen LogP contribution in [0.25, 0.3) is 0 Å². The lowest BCUT2D eigenvalue weighted by Crippen LogP contribution is -2.35. The second kappa shape index (κ2) is 6.27. The summed E-state index contributed by atoms with van der Waals surface area (Å²) in [7, 11) is -3.39. The first-order chi connectivity index (χ1) is 11.3. The van der Waals surface area contributed by atoms with Gasteiger partial charge in [0.2, 0.25) is 10.0 Å². The molecule has 0 amide bonds.